The first-order valence-corrected chi connectivity index (χ1v) is 11.2. The number of benzene rings is 2. The molecule has 1 N–H and O–H groups in total. The second-order valence-corrected chi connectivity index (χ2v) is 8.45. The van der Waals surface area contributed by atoms with Crippen molar-refractivity contribution in [3.63, 3.8) is 0 Å². The molecular formula is C23H23ClN2O5S. The van der Waals surface area contributed by atoms with E-state index in [1.807, 2.05) is 19.9 Å². The number of hydrogen-bond donors (Lipinski definition) is 1. The van der Waals surface area contributed by atoms with Crippen molar-refractivity contribution in [3.05, 3.63) is 58.0 Å². The van der Waals surface area contributed by atoms with Crippen LogP contribution in [0.4, 0.5) is 10.5 Å². The number of ether oxygens (including phenoxy) is 2. The SMILES string of the molecule is CCC(C)Oc1c(Cl)cc(/C=C2\SC(=O)N(CC(=O)Nc3ccccc3)C2=O)cc1OC. The third-order valence-corrected chi connectivity index (χ3v) is 5.86. The van der Waals surface area contributed by atoms with Gasteiger partial charge in [-0.3, -0.25) is 19.3 Å². The lowest BCUT2D eigenvalue weighted by molar-refractivity contribution is -0.127. The van der Waals surface area contributed by atoms with Gasteiger partial charge in [-0.15, -0.1) is 0 Å². The third kappa shape index (κ3) is 5.63. The standard InChI is InChI=1S/C23H23ClN2O5S/c1-4-14(2)31-21-17(24)10-15(11-18(21)30-3)12-19-22(28)26(23(29)32-19)13-20(27)25-16-8-6-5-7-9-16/h5-12,14H,4,13H2,1-3H3,(H,25,27)/b19-12-. The minimum atomic E-state index is -0.543. The van der Waals surface area contributed by atoms with Gasteiger partial charge in [0.1, 0.15) is 6.54 Å². The molecule has 9 heteroatoms. The molecule has 0 aromatic heterocycles. The molecule has 1 unspecified atom stereocenters. The molecule has 7 nitrogen and oxygen atoms in total. The van der Waals surface area contributed by atoms with Crippen LogP contribution in [-0.2, 0) is 9.59 Å². The Hall–Kier alpha value is -2.97. The lowest BCUT2D eigenvalue weighted by Gasteiger charge is -2.17. The summed E-state index contributed by atoms with van der Waals surface area (Å²) in [6.45, 7) is 3.55. The summed E-state index contributed by atoms with van der Waals surface area (Å²) in [5.74, 6) is -0.161. The van der Waals surface area contributed by atoms with E-state index in [2.05, 4.69) is 5.32 Å². The molecule has 0 radical (unpaired) electrons. The van der Waals surface area contributed by atoms with Crippen molar-refractivity contribution in [1.29, 1.82) is 0 Å². The summed E-state index contributed by atoms with van der Waals surface area (Å²) < 4.78 is 11.2. The maximum Gasteiger partial charge on any atom is 0.294 e. The predicted octanol–water partition coefficient (Wildman–Crippen LogP) is 5.20. The highest BCUT2D eigenvalue weighted by Crippen LogP contribution is 2.39. The molecule has 1 aliphatic heterocycles. The van der Waals surface area contributed by atoms with Crippen LogP contribution in [0.5, 0.6) is 11.5 Å². The van der Waals surface area contributed by atoms with Gasteiger partial charge >= 0.3 is 0 Å². The largest absolute Gasteiger partial charge is 0.493 e. The Balaban J connectivity index is 1.76. The Kier molecular flexibility index (Phi) is 7.82. The van der Waals surface area contributed by atoms with Gasteiger partial charge in [-0.05, 0) is 61.0 Å². The molecule has 32 heavy (non-hydrogen) atoms. The highest BCUT2D eigenvalue weighted by atomic mass is 35.5. The topological polar surface area (TPSA) is 84.9 Å². The van der Waals surface area contributed by atoms with E-state index >= 15 is 0 Å². The average Bonchev–Trinajstić information content (AvgIpc) is 3.03. The first-order chi connectivity index (χ1) is 15.3. The zero-order valence-electron chi connectivity index (χ0n) is 17.9. The van der Waals surface area contributed by atoms with E-state index in [1.165, 1.54) is 7.11 Å². The zero-order chi connectivity index (χ0) is 23.3. The second-order valence-electron chi connectivity index (χ2n) is 7.05. The summed E-state index contributed by atoms with van der Waals surface area (Å²) in [6, 6.07) is 12.1. The number of imide groups is 1. The van der Waals surface area contributed by atoms with Crippen LogP contribution in [0.25, 0.3) is 6.08 Å². The van der Waals surface area contributed by atoms with Gasteiger partial charge in [0, 0.05) is 5.69 Å². The number of thioether (sulfide) groups is 1. The highest BCUT2D eigenvalue weighted by Gasteiger charge is 2.36. The second kappa shape index (κ2) is 10.6. The molecule has 2 aromatic rings. The number of amides is 3. The first-order valence-electron chi connectivity index (χ1n) is 9.96. The van der Waals surface area contributed by atoms with Crippen LogP contribution < -0.4 is 14.8 Å². The first kappa shape index (κ1) is 23.7. The summed E-state index contributed by atoms with van der Waals surface area (Å²) in [6.07, 6.45) is 2.29. The van der Waals surface area contributed by atoms with Gasteiger partial charge in [0.2, 0.25) is 5.91 Å². The number of methoxy groups -OCH3 is 1. The summed E-state index contributed by atoms with van der Waals surface area (Å²) in [5.41, 5.74) is 1.16. The quantitative estimate of drug-likeness (QED) is 0.529. The van der Waals surface area contributed by atoms with Gasteiger partial charge in [0.15, 0.2) is 11.5 Å². The molecule has 0 bridgehead atoms. The number of hydrogen-bond acceptors (Lipinski definition) is 6. The summed E-state index contributed by atoms with van der Waals surface area (Å²) in [7, 11) is 1.50. The van der Waals surface area contributed by atoms with E-state index < -0.39 is 17.1 Å². The van der Waals surface area contributed by atoms with E-state index in [0.29, 0.717) is 27.8 Å². The number of carbonyl (C=O) groups excluding carboxylic acids is 3. The molecule has 1 heterocycles. The van der Waals surface area contributed by atoms with E-state index in [9.17, 15) is 14.4 Å². The normalized spacial score (nSPS) is 15.8. The van der Waals surface area contributed by atoms with Crippen molar-refractivity contribution < 1.29 is 23.9 Å². The third-order valence-electron chi connectivity index (χ3n) is 4.68. The van der Waals surface area contributed by atoms with E-state index in [0.717, 1.165) is 23.1 Å². The predicted molar refractivity (Wildman–Crippen MR) is 126 cm³/mol. The van der Waals surface area contributed by atoms with Crippen LogP contribution >= 0.6 is 23.4 Å². The van der Waals surface area contributed by atoms with Crippen LogP contribution in [-0.4, -0.2) is 41.7 Å². The van der Waals surface area contributed by atoms with Crippen LogP contribution in [0.3, 0.4) is 0 Å². The Morgan fingerprint density at radius 3 is 2.62 bits per heavy atom. The van der Waals surface area contributed by atoms with Crippen LogP contribution in [0.2, 0.25) is 5.02 Å². The van der Waals surface area contributed by atoms with Crippen LogP contribution in [0.1, 0.15) is 25.8 Å². The number of halogens is 1. The zero-order valence-corrected chi connectivity index (χ0v) is 19.5. The summed E-state index contributed by atoms with van der Waals surface area (Å²) in [4.78, 5) is 38.5. The van der Waals surface area contributed by atoms with E-state index in [4.69, 9.17) is 21.1 Å². The van der Waals surface area contributed by atoms with Crippen LogP contribution in [0.15, 0.2) is 47.4 Å². The fourth-order valence-electron chi connectivity index (χ4n) is 2.88. The molecule has 0 saturated carbocycles. The summed E-state index contributed by atoms with van der Waals surface area (Å²) in [5, 5.41) is 2.48. The molecule has 3 amide bonds. The van der Waals surface area contributed by atoms with Crippen molar-refractivity contribution in [2.45, 2.75) is 26.4 Å². The fourth-order valence-corrected chi connectivity index (χ4v) is 3.98. The summed E-state index contributed by atoms with van der Waals surface area (Å²) >= 11 is 7.15. The molecule has 1 atom stereocenters. The van der Waals surface area contributed by atoms with Crippen molar-refractivity contribution in [2.75, 3.05) is 19.0 Å². The number of para-hydroxylation sites is 1. The van der Waals surface area contributed by atoms with Crippen molar-refractivity contribution in [1.82, 2.24) is 4.90 Å². The Labute approximate surface area is 195 Å². The number of nitrogens with zero attached hydrogens (tertiary/aromatic N) is 1. The van der Waals surface area contributed by atoms with E-state index in [-0.39, 0.29) is 17.6 Å². The Morgan fingerprint density at radius 2 is 1.97 bits per heavy atom. The van der Waals surface area contributed by atoms with Gasteiger partial charge in [-0.1, -0.05) is 36.7 Å². The lowest BCUT2D eigenvalue weighted by atomic mass is 10.1. The van der Waals surface area contributed by atoms with Gasteiger partial charge in [-0.2, -0.15) is 0 Å². The van der Waals surface area contributed by atoms with Gasteiger partial charge in [-0.25, -0.2) is 0 Å². The number of nitrogens with one attached hydrogen (secondary N) is 1. The Bertz CT molecular complexity index is 1060. The highest BCUT2D eigenvalue weighted by molar-refractivity contribution is 8.18. The molecule has 0 aliphatic carbocycles. The molecule has 1 saturated heterocycles. The molecule has 3 rings (SSSR count). The average molecular weight is 475 g/mol. The molecule has 168 valence electrons. The number of carbonyl (C=O) groups is 3. The maximum atomic E-state index is 12.7. The molecule has 2 aromatic carbocycles. The van der Waals surface area contributed by atoms with E-state index in [1.54, 1.807) is 42.5 Å². The minimum absolute atomic E-state index is 0.0502. The minimum Gasteiger partial charge on any atom is -0.493 e. The monoisotopic (exact) mass is 474 g/mol. The molecule has 1 fully saturated rings. The fraction of sp³-hybridized carbons (Fsp3) is 0.261. The molecule has 0 spiro atoms. The Morgan fingerprint density at radius 1 is 1.25 bits per heavy atom. The van der Waals surface area contributed by atoms with Gasteiger partial charge in [0.25, 0.3) is 11.1 Å². The smallest absolute Gasteiger partial charge is 0.294 e. The van der Waals surface area contributed by atoms with Crippen molar-refractivity contribution in [3.8, 4) is 11.5 Å². The number of rotatable bonds is 8. The maximum absolute atomic E-state index is 12.7. The van der Waals surface area contributed by atoms with Gasteiger partial charge < -0.3 is 14.8 Å². The van der Waals surface area contributed by atoms with Gasteiger partial charge in [0.05, 0.1) is 23.1 Å². The van der Waals surface area contributed by atoms with Crippen molar-refractivity contribution in [2.24, 2.45) is 0 Å². The van der Waals surface area contributed by atoms with Crippen molar-refractivity contribution >= 4 is 52.2 Å². The molecule has 1 aliphatic rings. The number of anilines is 1. The molecular weight excluding hydrogens is 452 g/mol. The van der Waals surface area contributed by atoms with Crippen LogP contribution in [0, 0.1) is 0 Å². The lowest BCUT2D eigenvalue weighted by Crippen LogP contribution is -2.36.